The number of Topliss-reactive ketones (excluding diaryl/α,β-unsaturated/α-hetero) is 1. The van der Waals surface area contributed by atoms with Gasteiger partial charge in [0.1, 0.15) is 18.1 Å². The maximum atomic E-state index is 12.8. The molecule has 1 aromatic carbocycles. The van der Waals surface area contributed by atoms with Gasteiger partial charge in [-0.05, 0) is 26.3 Å². The quantitative estimate of drug-likeness (QED) is 0.244. The van der Waals surface area contributed by atoms with Crippen LogP contribution in [0.15, 0.2) is 30.3 Å². The molecule has 11 heteroatoms. The molecule has 0 radical (unpaired) electrons. The van der Waals surface area contributed by atoms with Crippen molar-refractivity contribution < 1.29 is 43.3 Å². The summed E-state index contributed by atoms with van der Waals surface area (Å²) >= 11 is 0. The number of aliphatic carboxylic acids is 1. The van der Waals surface area contributed by atoms with Crippen molar-refractivity contribution in [3.8, 4) is 0 Å². The molecule has 1 aromatic rings. The van der Waals surface area contributed by atoms with E-state index in [1.165, 1.54) is 19.1 Å². The minimum absolute atomic E-state index is 0.216. The molecule has 0 aromatic heterocycles. The molecule has 5 atom stereocenters. The average Bonchev–Trinajstić information content (AvgIpc) is 2.99. The minimum atomic E-state index is -1.57. The van der Waals surface area contributed by atoms with Crippen molar-refractivity contribution in [1.82, 2.24) is 10.2 Å². The number of amides is 2. The lowest BCUT2D eigenvalue weighted by Gasteiger charge is -2.43. The Hall–Kier alpha value is -3.76. The molecule has 2 fully saturated rings. The standard InChI is InChI=1S/C23H26N2O9/c1-11-15(21(31)33-10-34-22(32)23(2,3)4)25-16(17(11)26)14(19(25)28)24-18(27)13(20(29)30)12-8-6-5-7-9-12/h5-9,11,13-16H,10H2,1-4H3,(H,24,27)(H,29,30)/t11?,13?,14?,15?,16-/m0/s1. The van der Waals surface area contributed by atoms with E-state index in [1.54, 1.807) is 39.0 Å². The van der Waals surface area contributed by atoms with E-state index in [-0.39, 0.29) is 5.56 Å². The summed E-state index contributed by atoms with van der Waals surface area (Å²) in [4.78, 5) is 75.3. The van der Waals surface area contributed by atoms with Gasteiger partial charge in [-0.1, -0.05) is 37.3 Å². The fraction of sp³-hybridized carbons (Fsp3) is 0.478. The number of β-lactam (4-membered cyclic amide) rings is 1. The molecule has 2 N–H and O–H groups in total. The number of carboxylic acids is 1. The van der Waals surface area contributed by atoms with Crippen LogP contribution >= 0.6 is 0 Å². The molecule has 0 aliphatic carbocycles. The molecular weight excluding hydrogens is 448 g/mol. The lowest BCUT2D eigenvalue weighted by atomic mass is 9.91. The number of carboxylic acid groups (broad SMARTS) is 1. The molecule has 2 aliphatic heterocycles. The summed E-state index contributed by atoms with van der Waals surface area (Å²) in [6, 6.07) is 4.10. The SMILES string of the molecule is CC1C(=O)[C@@H]2C(NC(=O)C(C(=O)O)c3ccccc3)C(=O)N2C1C(=O)OCOC(=O)C(C)(C)C. The van der Waals surface area contributed by atoms with Crippen LogP contribution in [0.2, 0.25) is 0 Å². The summed E-state index contributed by atoms with van der Waals surface area (Å²) in [5.41, 5.74) is -0.589. The molecule has 2 aliphatic rings. The number of rotatable bonds is 7. The van der Waals surface area contributed by atoms with E-state index in [0.717, 1.165) is 4.90 Å². The third kappa shape index (κ3) is 4.50. The fourth-order valence-corrected chi connectivity index (χ4v) is 3.98. The second kappa shape index (κ2) is 9.24. The molecule has 11 nitrogen and oxygen atoms in total. The highest BCUT2D eigenvalue weighted by atomic mass is 16.7. The summed E-state index contributed by atoms with van der Waals surface area (Å²) in [5, 5.41) is 11.9. The Labute approximate surface area is 195 Å². The molecule has 0 spiro atoms. The van der Waals surface area contributed by atoms with Crippen molar-refractivity contribution in [2.24, 2.45) is 11.3 Å². The molecule has 34 heavy (non-hydrogen) atoms. The van der Waals surface area contributed by atoms with Gasteiger partial charge >= 0.3 is 17.9 Å². The van der Waals surface area contributed by atoms with Crippen molar-refractivity contribution in [1.29, 1.82) is 0 Å². The second-order valence-corrected chi connectivity index (χ2v) is 9.26. The van der Waals surface area contributed by atoms with Gasteiger partial charge in [-0.15, -0.1) is 0 Å². The first-order chi connectivity index (χ1) is 15.9. The Morgan fingerprint density at radius 1 is 1.09 bits per heavy atom. The van der Waals surface area contributed by atoms with Crippen LogP contribution in [-0.2, 0) is 38.2 Å². The number of nitrogens with zero attached hydrogens (tertiary/aromatic N) is 1. The number of esters is 2. The number of ether oxygens (including phenoxy) is 2. The van der Waals surface area contributed by atoms with Gasteiger partial charge in [-0.3, -0.25) is 24.0 Å². The molecule has 2 amide bonds. The average molecular weight is 474 g/mol. The van der Waals surface area contributed by atoms with Crippen molar-refractivity contribution in [2.45, 2.75) is 51.7 Å². The molecule has 0 bridgehead atoms. The van der Waals surface area contributed by atoms with Crippen LogP contribution in [0.1, 0.15) is 39.2 Å². The molecule has 182 valence electrons. The van der Waals surface area contributed by atoms with Crippen LogP contribution < -0.4 is 5.32 Å². The lowest BCUT2D eigenvalue weighted by Crippen LogP contribution is -2.72. The Balaban J connectivity index is 1.67. The van der Waals surface area contributed by atoms with Crippen LogP contribution in [0.25, 0.3) is 0 Å². The zero-order chi connectivity index (χ0) is 25.4. The number of benzene rings is 1. The minimum Gasteiger partial charge on any atom is -0.480 e. The molecule has 2 saturated heterocycles. The van der Waals surface area contributed by atoms with Crippen LogP contribution in [0.3, 0.4) is 0 Å². The van der Waals surface area contributed by atoms with Gasteiger partial charge in [0, 0.05) is 5.92 Å². The van der Waals surface area contributed by atoms with Gasteiger partial charge in [0.05, 0.1) is 5.41 Å². The van der Waals surface area contributed by atoms with E-state index < -0.39 is 77.7 Å². The smallest absolute Gasteiger partial charge is 0.332 e. The van der Waals surface area contributed by atoms with E-state index >= 15 is 0 Å². The van der Waals surface area contributed by atoms with E-state index in [2.05, 4.69) is 5.32 Å². The van der Waals surface area contributed by atoms with Crippen molar-refractivity contribution in [2.75, 3.05) is 6.79 Å². The van der Waals surface area contributed by atoms with E-state index in [4.69, 9.17) is 9.47 Å². The van der Waals surface area contributed by atoms with Crippen LogP contribution in [0.5, 0.6) is 0 Å². The van der Waals surface area contributed by atoms with Crippen molar-refractivity contribution in [3.63, 3.8) is 0 Å². The van der Waals surface area contributed by atoms with Gasteiger partial charge in [-0.25, -0.2) is 4.79 Å². The summed E-state index contributed by atoms with van der Waals surface area (Å²) in [6.07, 6.45) is 0. The first-order valence-electron chi connectivity index (χ1n) is 10.6. The first-order valence-corrected chi connectivity index (χ1v) is 10.6. The molecule has 3 rings (SSSR count). The number of hydrogen-bond acceptors (Lipinski definition) is 8. The summed E-state index contributed by atoms with van der Waals surface area (Å²) in [5.74, 6) is -7.55. The summed E-state index contributed by atoms with van der Waals surface area (Å²) in [6.45, 7) is 5.65. The zero-order valence-electron chi connectivity index (χ0n) is 19.1. The van der Waals surface area contributed by atoms with Gasteiger partial charge < -0.3 is 24.8 Å². The number of hydrogen-bond donors (Lipinski definition) is 2. The summed E-state index contributed by atoms with van der Waals surface area (Å²) in [7, 11) is 0. The predicted molar refractivity (Wildman–Crippen MR) is 114 cm³/mol. The highest BCUT2D eigenvalue weighted by molar-refractivity contribution is 6.12. The molecule has 0 saturated carbocycles. The van der Waals surface area contributed by atoms with Gasteiger partial charge in [0.25, 0.3) is 0 Å². The number of nitrogens with one attached hydrogen (secondary N) is 1. The van der Waals surface area contributed by atoms with Crippen molar-refractivity contribution >= 4 is 35.5 Å². The fourth-order valence-electron chi connectivity index (χ4n) is 3.98. The molecular formula is C23H26N2O9. The maximum absolute atomic E-state index is 12.8. The monoisotopic (exact) mass is 474 g/mol. The Bertz CT molecular complexity index is 1030. The van der Waals surface area contributed by atoms with Crippen LogP contribution in [-0.4, -0.2) is 70.4 Å². The molecule has 2 heterocycles. The Morgan fingerprint density at radius 2 is 1.71 bits per heavy atom. The second-order valence-electron chi connectivity index (χ2n) is 9.26. The van der Waals surface area contributed by atoms with E-state index in [0.29, 0.717) is 0 Å². The summed E-state index contributed by atoms with van der Waals surface area (Å²) < 4.78 is 9.85. The number of carbonyl (C=O) groups excluding carboxylic acids is 5. The van der Waals surface area contributed by atoms with E-state index in [9.17, 15) is 33.9 Å². The third-order valence-electron chi connectivity index (χ3n) is 5.83. The number of ketones is 1. The zero-order valence-corrected chi connectivity index (χ0v) is 19.1. The maximum Gasteiger partial charge on any atom is 0.332 e. The Kier molecular flexibility index (Phi) is 6.76. The lowest BCUT2D eigenvalue weighted by molar-refractivity contribution is -0.180. The van der Waals surface area contributed by atoms with E-state index in [1.807, 2.05) is 0 Å². The van der Waals surface area contributed by atoms with Crippen molar-refractivity contribution in [3.05, 3.63) is 35.9 Å². The number of fused-ring (bicyclic) bond motifs is 1. The normalized spacial score (nSPS) is 24.5. The van der Waals surface area contributed by atoms with Gasteiger partial charge in [0.15, 0.2) is 11.7 Å². The molecule has 4 unspecified atom stereocenters. The van der Waals surface area contributed by atoms with Crippen LogP contribution in [0.4, 0.5) is 0 Å². The highest BCUT2D eigenvalue weighted by Crippen LogP contribution is 2.37. The van der Waals surface area contributed by atoms with Gasteiger partial charge in [-0.2, -0.15) is 0 Å². The third-order valence-corrected chi connectivity index (χ3v) is 5.83. The number of carbonyl (C=O) groups is 6. The Morgan fingerprint density at radius 3 is 2.26 bits per heavy atom. The van der Waals surface area contributed by atoms with Gasteiger partial charge in [0.2, 0.25) is 18.6 Å². The topological polar surface area (TPSA) is 156 Å². The van der Waals surface area contributed by atoms with Crippen LogP contribution in [0, 0.1) is 11.3 Å². The predicted octanol–water partition coefficient (Wildman–Crippen LogP) is 0.228. The highest BCUT2D eigenvalue weighted by Gasteiger charge is 2.64. The first kappa shape index (κ1) is 24.9. The largest absolute Gasteiger partial charge is 0.480 e.